The number of benzene rings is 1. The number of ether oxygens (including phenoxy) is 1. The number of aromatic nitrogens is 1. The summed E-state index contributed by atoms with van der Waals surface area (Å²) in [6, 6.07) is 10.6. The highest BCUT2D eigenvalue weighted by molar-refractivity contribution is 8.23. The molecule has 0 spiro atoms. The van der Waals surface area contributed by atoms with Crippen molar-refractivity contribution in [1.29, 1.82) is 0 Å². The average Bonchev–Trinajstić information content (AvgIpc) is 3.13. The van der Waals surface area contributed by atoms with Gasteiger partial charge in [0.05, 0.1) is 18.1 Å². The van der Waals surface area contributed by atoms with E-state index in [1.165, 1.54) is 17.3 Å². The first-order valence-corrected chi connectivity index (χ1v) is 12.6. The standard InChI is InChI=1S/C22H27N3O3S3/c1-3-28-20(27)19-15(2)23-21(31-19)24-18(26)14-30-22(29)25-11-9-17(10-12-25)13-16-7-5-4-6-8-16/h4-8,17H,3,9-14H2,1-2H3,(H,23,24,26). The number of nitrogens with one attached hydrogen (secondary N) is 1. The van der Waals surface area contributed by atoms with Gasteiger partial charge in [0.2, 0.25) is 5.91 Å². The second kappa shape index (κ2) is 11.6. The van der Waals surface area contributed by atoms with Crippen LogP contribution in [0.4, 0.5) is 5.13 Å². The summed E-state index contributed by atoms with van der Waals surface area (Å²) in [6.45, 7) is 5.64. The summed E-state index contributed by atoms with van der Waals surface area (Å²) in [7, 11) is 0. The van der Waals surface area contributed by atoms with Gasteiger partial charge in [-0.15, -0.1) is 0 Å². The number of thiazole rings is 1. The summed E-state index contributed by atoms with van der Waals surface area (Å²) < 4.78 is 5.77. The van der Waals surface area contributed by atoms with E-state index in [0.29, 0.717) is 28.2 Å². The smallest absolute Gasteiger partial charge is 0.350 e. The maximum atomic E-state index is 12.3. The highest BCUT2D eigenvalue weighted by Crippen LogP contribution is 2.25. The lowest BCUT2D eigenvalue weighted by molar-refractivity contribution is -0.113. The predicted molar refractivity (Wildman–Crippen MR) is 131 cm³/mol. The van der Waals surface area contributed by atoms with Crippen LogP contribution in [0.3, 0.4) is 0 Å². The number of nitrogens with zero attached hydrogens (tertiary/aromatic N) is 2. The molecule has 0 unspecified atom stereocenters. The van der Waals surface area contributed by atoms with Gasteiger partial charge < -0.3 is 15.0 Å². The number of thioether (sulfide) groups is 1. The monoisotopic (exact) mass is 477 g/mol. The fourth-order valence-corrected chi connectivity index (χ4v) is 5.40. The Morgan fingerprint density at radius 2 is 2.00 bits per heavy atom. The number of aryl methyl sites for hydroxylation is 1. The third-order valence-electron chi connectivity index (χ3n) is 5.07. The number of esters is 1. The second-order valence-corrected chi connectivity index (χ2v) is 9.99. The first kappa shape index (κ1) is 23.7. The Balaban J connectivity index is 1.40. The molecule has 0 bridgehead atoms. The molecule has 6 nitrogen and oxygen atoms in total. The normalized spacial score (nSPS) is 14.3. The van der Waals surface area contributed by atoms with Crippen LogP contribution in [-0.2, 0) is 16.0 Å². The number of anilines is 1. The number of likely N-dealkylation sites (tertiary alicyclic amines) is 1. The van der Waals surface area contributed by atoms with Crippen molar-refractivity contribution in [2.75, 3.05) is 30.8 Å². The second-order valence-electron chi connectivity index (χ2n) is 7.38. The van der Waals surface area contributed by atoms with E-state index in [1.807, 2.05) is 6.07 Å². The summed E-state index contributed by atoms with van der Waals surface area (Å²) in [5, 5.41) is 3.16. The molecule has 0 aliphatic carbocycles. The zero-order valence-corrected chi connectivity index (χ0v) is 20.2. The summed E-state index contributed by atoms with van der Waals surface area (Å²) in [5.41, 5.74) is 1.94. The van der Waals surface area contributed by atoms with Gasteiger partial charge in [0, 0.05) is 13.1 Å². The van der Waals surface area contributed by atoms with Gasteiger partial charge in [-0.1, -0.05) is 65.6 Å². The molecule has 1 aromatic carbocycles. The van der Waals surface area contributed by atoms with Crippen molar-refractivity contribution in [3.63, 3.8) is 0 Å². The molecule has 1 saturated heterocycles. The molecule has 1 aliphatic heterocycles. The molecule has 3 rings (SSSR count). The maximum Gasteiger partial charge on any atom is 0.350 e. The Morgan fingerprint density at radius 3 is 2.68 bits per heavy atom. The van der Waals surface area contributed by atoms with E-state index < -0.39 is 5.97 Å². The van der Waals surface area contributed by atoms with Gasteiger partial charge in [-0.2, -0.15) is 0 Å². The van der Waals surface area contributed by atoms with E-state index in [9.17, 15) is 9.59 Å². The number of amides is 1. The lowest BCUT2D eigenvalue weighted by atomic mass is 9.90. The molecule has 1 N–H and O–H groups in total. The molecule has 9 heteroatoms. The molecule has 2 heterocycles. The van der Waals surface area contributed by atoms with Gasteiger partial charge in [-0.25, -0.2) is 9.78 Å². The van der Waals surface area contributed by atoms with Crippen molar-refractivity contribution >= 4 is 56.6 Å². The minimum Gasteiger partial charge on any atom is -0.462 e. The quantitative estimate of drug-likeness (QED) is 0.464. The number of hydrogen-bond acceptors (Lipinski definition) is 7. The van der Waals surface area contributed by atoms with Gasteiger partial charge in [0.15, 0.2) is 5.13 Å². The molecular weight excluding hydrogens is 450 g/mol. The Hall–Kier alpha value is -1.97. The summed E-state index contributed by atoms with van der Waals surface area (Å²) >= 11 is 8.05. The molecule has 0 atom stereocenters. The van der Waals surface area contributed by atoms with Crippen LogP contribution in [0.1, 0.15) is 40.7 Å². The van der Waals surface area contributed by atoms with E-state index in [1.54, 1.807) is 13.8 Å². The lowest BCUT2D eigenvalue weighted by Crippen LogP contribution is -2.37. The number of carbonyl (C=O) groups is 2. The van der Waals surface area contributed by atoms with Crippen LogP contribution in [0.25, 0.3) is 0 Å². The van der Waals surface area contributed by atoms with Gasteiger partial charge in [-0.3, -0.25) is 4.79 Å². The number of thiocarbonyl (C=S) groups is 1. The van der Waals surface area contributed by atoms with Crippen LogP contribution in [0.15, 0.2) is 30.3 Å². The van der Waals surface area contributed by atoms with Crippen LogP contribution in [0.5, 0.6) is 0 Å². The Morgan fingerprint density at radius 1 is 1.29 bits per heavy atom. The van der Waals surface area contributed by atoms with Gasteiger partial charge in [0.25, 0.3) is 0 Å². The zero-order chi connectivity index (χ0) is 22.2. The van der Waals surface area contributed by atoms with Crippen molar-refractivity contribution in [3.05, 3.63) is 46.5 Å². The molecule has 1 fully saturated rings. The van der Waals surface area contributed by atoms with E-state index in [4.69, 9.17) is 17.0 Å². The van der Waals surface area contributed by atoms with Crippen LogP contribution in [0, 0.1) is 12.8 Å². The van der Waals surface area contributed by atoms with Gasteiger partial charge in [-0.05, 0) is 44.6 Å². The van der Waals surface area contributed by atoms with E-state index in [0.717, 1.165) is 48.0 Å². The molecule has 0 saturated carbocycles. The lowest BCUT2D eigenvalue weighted by Gasteiger charge is -2.33. The average molecular weight is 478 g/mol. The maximum absolute atomic E-state index is 12.3. The third kappa shape index (κ3) is 7.02. The molecule has 2 aromatic rings. The largest absolute Gasteiger partial charge is 0.462 e. The molecule has 1 aromatic heterocycles. The highest BCUT2D eigenvalue weighted by Gasteiger charge is 2.22. The van der Waals surface area contributed by atoms with Gasteiger partial charge >= 0.3 is 5.97 Å². The number of rotatable bonds is 7. The highest BCUT2D eigenvalue weighted by atomic mass is 32.2. The summed E-state index contributed by atoms with van der Waals surface area (Å²) in [5.74, 6) is 0.298. The molecule has 31 heavy (non-hydrogen) atoms. The van der Waals surface area contributed by atoms with E-state index in [2.05, 4.69) is 39.5 Å². The van der Waals surface area contributed by atoms with Crippen LogP contribution >= 0.6 is 35.3 Å². The number of hydrogen-bond donors (Lipinski definition) is 1. The summed E-state index contributed by atoms with van der Waals surface area (Å²) in [4.78, 5) is 31.1. The topological polar surface area (TPSA) is 71.5 Å². The van der Waals surface area contributed by atoms with Crippen LogP contribution in [-0.4, -0.2) is 51.5 Å². The minimum atomic E-state index is -0.413. The SMILES string of the molecule is CCOC(=O)c1sc(NC(=O)CSC(=S)N2CCC(Cc3ccccc3)CC2)nc1C. The molecular formula is C22H27N3O3S3. The Kier molecular flexibility index (Phi) is 8.86. The van der Waals surface area contributed by atoms with Crippen LogP contribution < -0.4 is 5.32 Å². The van der Waals surface area contributed by atoms with Crippen molar-refractivity contribution < 1.29 is 14.3 Å². The number of piperidine rings is 1. The first-order valence-electron chi connectivity index (χ1n) is 10.4. The predicted octanol–water partition coefficient (Wildman–Crippen LogP) is 4.54. The third-order valence-corrected chi connectivity index (χ3v) is 7.65. The molecule has 1 amide bonds. The molecule has 166 valence electrons. The van der Waals surface area contributed by atoms with Crippen molar-refractivity contribution in [3.8, 4) is 0 Å². The van der Waals surface area contributed by atoms with E-state index in [-0.39, 0.29) is 11.7 Å². The van der Waals surface area contributed by atoms with E-state index >= 15 is 0 Å². The minimum absolute atomic E-state index is 0.185. The Labute approximate surface area is 196 Å². The fraction of sp³-hybridized carbons (Fsp3) is 0.455. The first-order chi connectivity index (χ1) is 15.0. The fourth-order valence-electron chi connectivity index (χ4n) is 3.48. The van der Waals surface area contributed by atoms with Crippen molar-refractivity contribution in [2.24, 2.45) is 5.92 Å². The molecule has 1 aliphatic rings. The number of carbonyl (C=O) groups excluding carboxylic acids is 2. The molecule has 0 radical (unpaired) electrons. The van der Waals surface area contributed by atoms with Crippen molar-refractivity contribution in [1.82, 2.24) is 9.88 Å². The van der Waals surface area contributed by atoms with Crippen molar-refractivity contribution in [2.45, 2.75) is 33.1 Å². The Bertz CT molecular complexity index is 909. The van der Waals surface area contributed by atoms with Gasteiger partial charge in [0.1, 0.15) is 9.20 Å². The zero-order valence-electron chi connectivity index (χ0n) is 17.8. The van der Waals surface area contributed by atoms with Crippen LogP contribution in [0.2, 0.25) is 0 Å². The summed E-state index contributed by atoms with van der Waals surface area (Å²) in [6.07, 6.45) is 3.33.